The van der Waals surface area contributed by atoms with E-state index in [0.29, 0.717) is 12.8 Å². The normalized spacial score (nSPS) is 25.9. The molecule has 0 saturated heterocycles. The molecule has 1 fully saturated rings. The van der Waals surface area contributed by atoms with E-state index in [1.165, 1.54) is 6.33 Å². The van der Waals surface area contributed by atoms with Crippen molar-refractivity contribution >= 4 is 21.3 Å². The van der Waals surface area contributed by atoms with Gasteiger partial charge in [-0.15, -0.1) is 0 Å². The summed E-state index contributed by atoms with van der Waals surface area (Å²) in [6, 6.07) is 1.32. The summed E-state index contributed by atoms with van der Waals surface area (Å²) in [6.07, 6.45) is 3.55. The molecule has 2 aromatic heterocycles. The van der Waals surface area contributed by atoms with E-state index in [1.54, 1.807) is 0 Å². The van der Waals surface area contributed by atoms with Crippen LogP contribution in [0.2, 0.25) is 0 Å². The van der Waals surface area contributed by atoms with Gasteiger partial charge in [-0.2, -0.15) is 13.1 Å². The second-order valence-electron chi connectivity index (χ2n) is 5.46. The fourth-order valence-corrected chi connectivity index (χ4v) is 3.69. The molecule has 22 heavy (non-hydrogen) atoms. The van der Waals surface area contributed by atoms with Crippen LogP contribution in [0, 0.1) is 6.92 Å². The zero-order valence-electron chi connectivity index (χ0n) is 12.3. The smallest absolute Gasteiger partial charge is 0.335 e. The Morgan fingerprint density at radius 1 is 1.41 bits per heavy atom. The molecule has 9 heteroatoms. The molecule has 3 rings (SSSR count). The van der Waals surface area contributed by atoms with Crippen LogP contribution in [0.5, 0.6) is 0 Å². The molecule has 0 aromatic carbocycles. The standard InChI is InChI=1S/C13H18N4O4S/c1-8-10-3-4-17(13(10)15-7-14-8)9-5-11(12(18)6-9)16-22(19,20)21-2/h3-4,7,9,11-12,16,18H,5-6H2,1-2H3/t9-,11+,12+/m1/s1. The summed E-state index contributed by atoms with van der Waals surface area (Å²) >= 11 is 0. The van der Waals surface area contributed by atoms with Crippen LogP contribution < -0.4 is 4.72 Å². The van der Waals surface area contributed by atoms with Crippen molar-refractivity contribution in [3.05, 3.63) is 24.3 Å². The highest BCUT2D eigenvalue weighted by Crippen LogP contribution is 2.33. The van der Waals surface area contributed by atoms with Gasteiger partial charge < -0.3 is 9.67 Å². The Balaban J connectivity index is 1.86. The van der Waals surface area contributed by atoms with Crippen LogP contribution in [0.25, 0.3) is 11.0 Å². The van der Waals surface area contributed by atoms with Crippen molar-refractivity contribution in [3.63, 3.8) is 0 Å². The van der Waals surface area contributed by atoms with Crippen molar-refractivity contribution in [2.75, 3.05) is 7.11 Å². The van der Waals surface area contributed by atoms with Gasteiger partial charge >= 0.3 is 10.3 Å². The minimum absolute atomic E-state index is 0.0358. The topological polar surface area (TPSA) is 106 Å². The van der Waals surface area contributed by atoms with Crippen molar-refractivity contribution in [1.82, 2.24) is 19.3 Å². The highest BCUT2D eigenvalue weighted by molar-refractivity contribution is 7.84. The molecule has 0 bridgehead atoms. The third kappa shape index (κ3) is 2.72. The first kappa shape index (κ1) is 15.3. The van der Waals surface area contributed by atoms with Gasteiger partial charge in [0.1, 0.15) is 12.0 Å². The number of hydrogen-bond donors (Lipinski definition) is 2. The van der Waals surface area contributed by atoms with Gasteiger partial charge in [0, 0.05) is 17.6 Å². The predicted octanol–water partition coefficient (Wildman–Crippen LogP) is 0.285. The van der Waals surface area contributed by atoms with Crippen LogP contribution in [0.3, 0.4) is 0 Å². The third-order valence-electron chi connectivity index (χ3n) is 4.12. The second-order valence-corrected chi connectivity index (χ2v) is 6.93. The fourth-order valence-electron chi connectivity index (χ4n) is 2.97. The number of aliphatic hydroxyl groups excluding tert-OH is 1. The van der Waals surface area contributed by atoms with Gasteiger partial charge in [0.2, 0.25) is 0 Å². The predicted molar refractivity (Wildman–Crippen MR) is 79.4 cm³/mol. The van der Waals surface area contributed by atoms with Crippen LogP contribution in [0.1, 0.15) is 24.6 Å². The molecule has 0 aliphatic heterocycles. The first-order valence-corrected chi connectivity index (χ1v) is 8.36. The average Bonchev–Trinajstić information content (AvgIpc) is 3.04. The van der Waals surface area contributed by atoms with Gasteiger partial charge in [0.25, 0.3) is 0 Å². The second kappa shape index (κ2) is 5.58. The number of aromatic nitrogens is 3. The summed E-state index contributed by atoms with van der Waals surface area (Å²) in [5.41, 5.74) is 1.68. The Kier molecular flexibility index (Phi) is 3.89. The Hall–Kier alpha value is -1.55. The maximum Gasteiger partial charge on any atom is 0.335 e. The number of nitrogens with one attached hydrogen (secondary N) is 1. The number of rotatable bonds is 4. The van der Waals surface area contributed by atoms with E-state index in [0.717, 1.165) is 23.8 Å². The summed E-state index contributed by atoms with van der Waals surface area (Å²) in [5.74, 6) is 0. The maximum absolute atomic E-state index is 11.5. The van der Waals surface area contributed by atoms with Crippen LogP contribution >= 0.6 is 0 Å². The average molecular weight is 326 g/mol. The number of fused-ring (bicyclic) bond motifs is 1. The van der Waals surface area contributed by atoms with Gasteiger partial charge in [-0.1, -0.05) is 0 Å². The molecule has 1 aliphatic rings. The molecule has 2 aromatic rings. The first-order valence-electron chi connectivity index (χ1n) is 6.95. The number of aliphatic hydroxyl groups is 1. The van der Waals surface area contributed by atoms with Crippen molar-refractivity contribution in [1.29, 1.82) is 0 Å². The first-order chi connectivity index (χ1) is 10.4. The van der Waals surface area contributed by atoms with Gasteiger partial charge in [-0.3, -0.25) is 4.18 Å². The Morgan fingerprint density at radius 2 is 2.18 bits per heavy atom. The Labute approximate surface area is 128 Å². The molecular formula is C13H18N4O4S. The van der Waals surface area contributed by atoms with Gasteiger partial charge in [-0.25, -0.2) is 9.97 Å². The van der Waals surface area contributed by atoms with Crippen LogP contribution in [-0.2, 0) is 14.5 Å². The van der Waals surface area contributed by atoms with Crippen LogP contribution in [-0.4, -0.2) is 47.3 Å². The largest absolute Gasteiger partial charge is 0.391 e. The lowest BCUT2D eigenvalue weighted by atomic mass is 10.2. The summed E-state index contributed by atoms with van der Waals surface area (Å²) in [4.78, 5) is 8.45. The van der Waals surface area contributed by atoms with E-state index in [1.807, 2.05) is 23.8 Å². The Bertz CT molecular complexity index is 788. The SMILES string of the molecule is COS(=O)(=O)N[C@H]1C[C@@H](n2ccc3c(C)ncnc32)C[C@@H]1O. The molecule has 0 radical (unpaired) electrons. The number of hydrogen-bond acceptors (Lipinski definition) is 6. The zero-order chi connectivity index (χ0) is 15.9. The zero-order valence-corrected chi connectivity index (χ0v) is 13.1. The van der Waals surface area contributed by atoms with E-state index in [9.17, 15) is 13.5 Å². The van der Waals surface area contributed by atoms with Crippen molar-refractivity contribution < 1.29 is 17.7 Å². The lowest BCUT2D eigenvalue weighted by Crippen LogP contribution is -2.40. The minimum atomic E-state index is -3.82. The summed E-state index contributed by atoms with van der Waals surface area (Å²) in [7, 11) is -2.74. The van der Waals surface area contributed by atoms with E-state index in [-0.39, 0.29) is 6.04 Å². The molecule has 1 saturated carbocycles. The fraction of sp³-hybridized carbons (Fsp3) is 0.538. The van der Waals surface area contributed by atoms with Crippen molar-refractivity contribution in [2.24, 2.45) is 0 Å². The summed E-state index contributed by atoms with van der Waals surface area (Å²) in [5, 5.41) is 11.1. The van der Waals surface area contributed by atoms with Gasteiger partial charge in [0.05, 0.1) is 24.9 Å². The monoisotopic (exact) mass is 326 g/mol. The quantitative estimate of drug-likeness (QED) is 0.836. The lowest BCUT2D eigenvalue weighted by molar-refractivity contribution is 0.154. The van der Waals surface area contributed by atoms with Gasteiger partial charge in [-0.05, 0) is 25.8 Å². The molecule has 3 atom stereocenters. The molecule has 0 amide bonds. The van der Waals surface area contributed by atoms with E-state index < -0.39 is 22.4 Å². The lowest BCUT2D eigenvalue weighted by Gasteiger charge is -2.15. The molecule has 120 valence electrons. The molecule has 2 heterocycles. The van der Waals surface area contributed by atoms with E-state index in [2.05, 4.69) is 18.9 Å². The molecule has 8 nitrogen and oxygen atoms in total. The molecule has 0 spiro atoms. The summed E-state index contributed by atoms with van der Waals surface area (Å²) in [6.45, 7) is 1.91. The molecule has 2 N–H and O–H groups in total. The van der Waals surface area contributed by atoms with E-state index in [4.69, 9.17) is 0 Å². The maximum atomic E-state index is 11.5. The highest BCUT2D eigenvalue weighted by Gasteiger charge is 2.36. The van der Waals surface area contributed by atoms with Crippen molar-refractivity contribution in [2.45, 2.75) is 38.0 Å². The molecule has 1 aliphatic carbocycles. The number of nitrogens with zero attached hydrogens (tertiary/aromatic N) is 3. The molecule has 0 unspecified atom stereocenters. The Morgan fingerprint density at radius 3 is 2.91 bits per heavy atom. The summed E-state index contributed by atoms with van der Waals surface area (Å²) < 4.78 is 31.7. The van der Waals surface area contributed by atoms with Crippen LogP contribution in [0.4, 0.5) is 0 Å². The highest BCUT2D eigenvalue weighted by atomic mass is 32.2. The number of aryl methyl sites for hydroxylation is 1. The van der Waals surface area contributed by atoms with Crippen LogP contribution in [0.15, 0.2) is 18.6 Å². The molecular weight excluding hydrogens is 308 g/mol. The van der Waals surface area contributed by atoms with E-state index >= 15 is 0 Å². The third-order valence-corrected chi connectivity index (χ3v) is 5.15. The van der Waals surface area contributed by atoms with Gasteiger partial charge in [0.15, 0.2) is 0 Å². The minimum Gasteiger partial charge on any atom is -0.391 e. The van der Waals surface area contributed by atoms with Crippen molar-refractivity contribution in [3.8, 4) is 0 Å².